The summed E-state index contributed by atoms with van der Waals surface area (Å²) in [6, 6.07) is 134. The average Bonchev–Trinajstić information content (AvgIpc) is 1.42. The van der Waals surface area contributed by atoms with Crippen LogP contribution in [0.2, 0.25) is 0 Å². The second kappa shape index (κ2) is 30.9. The molecule has 0 N–H and O–H groups in total. The van der Waals surface area contributed by atoms with E-state index < -0.39 is 40.8 Å². The summed E-state index contributed by atoms with van der Waals surface area (Å²) in [6.45, 7) is 0. The molecule has 11 heteroatoms. The zero-order valence-corrected chi connectivity index (χ0v) is 67.2. The third-order valence-corrected chi connectivity index (χ3v) is 24.7. The molecule has 0 radical (unpaired) electrons. The lowest BCUT2D eigenvalue weighted by Crippen LogP contribution is -2.05. The maximum absolute atomic E-state index is 15.4. The Morgan fingerprint density at radius 1 is 0.167 bits per heavy atom. The van der Waals surface area contributed by atoms with Crippen molar-refractivity contribution >= 4 is 130 Å². The molecule has 0 spiro atoms. The van der Waals surface area contributed by atoms with Crippen LogP contribution in [0, 0.1) is 29.1 Å². The number of halogens is 8. The summed E-state index contributed by atoms with van der Waals surface area (Å²) in [5.41, 5.74) is 18.4. The standard InChI is InChI=1S/C39H23F4N.2C38H23F2N/c40-34-22-19-25(39(41,42)43)23-33(34)38-31-13-3-1-11-29(31)37(30-12-2-4-14-32(30)38)24-17-20-26(21-18-24)44-35-15-7-5-9-27(35)28-10-6-8-16-36(28)44;39-25-19-22-34(40)33(23-25)38-31-13-3-1-11-29(31)37(30-12-2-4-14-32(30)38)24-17-20-26(21-18-24)41-35-15-7-5-9-27(35)28-10-6-8-16-36(28)41;39-33-22-19-25(23-34(33)40)38-31-13-3-1-11-29(31)37(30-12-2-4-14-32(30)38)24-17-20-26(21-18-24)41-35-15-7-5-9-27(35)28-10-6-8-16-36(28)41/h1-23H;2*1-23H. The average molecular weight is 1640 g/mol. The van der Waals surface area contributed by atoms with Crippen LogP contribution < -0.4 is 0 Å². The molecule has 0 saturated heterocycles. The maximum Gasteiger partial charge on any atom is 0.416 e. The van der Waals surface area contributed by atoms with Crippen molar-refractivity contribution in [3.63, 3.8) is 0 Å². The smallest absolute Gasteiger partial charge is 0.309 e. The van der Waals surface area contributed by atoms with Gasteiger partial charge in [-0.2, -0.15) is 13.2 Å². The molecule has 3 heterocycles. The van der Waals surface area contributed by atoms with Crippen LogP contribution in [-0.4, -0.2) is 13.7 Å². The van der Waals surface area contributed by atoms with Gasteiger partial charge in [-0.05, 0) is 230 Å². The molecule has 21 aromatic carbocycles. The SMILES string of the molecule is Fc1ccc(-c2c3ccccc3c(-c3ccc(-n4c5ccccc5c5ccccc54)cc3)c3ccccc23)cc1F.Fc1ccc(C(F)(F)F)cc1-c1c2ccccc2c(-c2ccc(-n3c4ccccc4c4ccccc43)cc2)c2ccccc12.Fc1ccc(F)c(-c2c3ccccc3c(-c3ccc(-n4c5ccccc5c5ccccc54)cc3)c3ccccc23)c1. The van der Waals surface area contributed by atoms with E-state index >= 15 is 8.78 Å². The molecule has 0 atom stereocenters. The maximum atomic E-state index is 15.4. The second-order valence-corrected chi connectivity index (χ2v) is 31.7. The highest BCUT2D eigenvalue weighted by molar-refractivity contribution is 6.25. The lowest BCUT2D eigenvalue weighted by atomic mass is 9.85. The summed E-state index contributed by atoms with van der Waals surface area (Å²) in [6.07, 6.45) is -4.59. The molecular weight excluding hydrogens is 1580 g/mol. The topological polar surface area (TPSA) is 14.8 Å². The Morgan fingerprint density at radius 2 is 0.381 bits per heavy atom. The largest absolute Gasteiger partial charge is 0.416 e. The van der Waals surface area contributed by atoms with E-state index in [0.717, 1.165) is 145 Å². The first-order valence-electron chi connectivity index (χ1n) is 41.6. The van der Waals surface area contributed by atoms with Crippen LogP contribution in [0.1, 0.15) is 5.56 Å². The van der Waals surface area contributed by atoms with Gasteiger partial charge in [0, 0.05) is 71.6 Å². The number of hydrogen-bond donors (Lipinski definition) is 0. The molecule has 0 aliphatic carbocycles. The normalized spacial score (nSPS) is 11.8. The van der Waals surface area contributed by atoms with Gasteiger partial charge in [-0.3, -0.25) is 0 Å². The van der Waals surface area contributed by atoms with Crippen molar-refractivity contribution in [2.45, 2.75) is 6.18 Å². The van der Waals surface area contributed by atoms with E-state index in [1.54, 1.807) is 6.07 Å². The molecule has 3 aromatic heterocycles. The zero-order valence-electron chi connectivity index (χ0n) is 67.2. The predicted octanol–water partition coefficient (Wildman–Crippen LogP) is 33.0. The second-order valence-electron chi connectivity index (χ2n) is 31.7. The molecule has 0 aliphatic heterocycles. The molecule has 24 aromatic rings. The third kappa shape index (κ3) is 12.8. The number of rotatable bonds is 9. The van der Waals surface area contributed by atoms with Gasteiger partial charge in [-0.1, -0.05) is 297 Å². The quantitative estimate of drug-likeness (QED) is 0.101. The van der Waals surface area contributed by atoms with Gasteiger partial charge in [0.2, 0.25) is 0 Å². The van der Waals surface area contributed by atoms with E-state index in [0.29, 0.717) is 27.5 Å². The molecule has 0 fully saturated rings. The van der Waals surface area contributed by atoms with E-state index in [4.69, 9.17) is 0 Å². The van der Waals surface area contributed by atoms with Crippen molar-refractivity contribution in [1.82, 2.24) is 13.7 Å². The number of para-hydroxylation sites is 6. The van der Waals surface area contributed by atoms with Gasteiger partial charge in [0.15, 0.2) is 11.6 Å². The fourth-order valence-corrected chi connectivity index (χ4v) is 19.4. The van der Waals surface area contributed by atoms with Crippen LogP contribution in [0.15, 0.2) is 419 Å². The summed E-state index contributed by atoms with van der Waals surface area (Å²) >= 11 is 0. The molecule has 0 aliphatic rings. The Bertz CT molecular complexity index is 8180. The number of aromatic nitrogens is 3. The Kier molecular flexibility index (Phi) is 18.7. The van der Waals surface area contributed by atoms with Gasteiger partial charge in [-0.25, -0.2) is 22.0 Å². The predicted molar refractivity (Wildman–Crippen MR) is 505 cm³/mol. The van der Waals surface area contributed by atoms with Crippen LogP contribution in [0.5, 0.6) is 0 Å². The molecule has 600 valence electrons. The lowest BCUT2D eigenvalue weighted by Gasteiger charge is -2.19. The van der Waals surface area contributed by atoms with Gasteiger partial charge in [0.25, 0.3) is 0 Å². The molecule has 0 saturated carbocycles. The Balaban J connectivity index is 0.000000112. The molecular formula is C115H69F8N3. The van der Waals surface area contributed by atoms with Crippen LogP contribution in [0.4, 0.5) is 35.1 Å². The van der Waals surface area contributed by atoms with Crippen molar-refractivity contribution < 1.29 is 35.1 Å². The minimum Gasteiger partial charge on any atom is -0.309 e. The van der Waals surface area contributed by atoms with Gasteiger partial charge < -0.3 is 13.7 Å². The van der Waals surface area contributed by atoms with Crippen molar-refractivity contribution in [2.24, 2.45) is 0 Å². The van der Waals surface area contributed by atoms with Gasteiger partial charge in [0.1, 0.15) is 17.5 Å². The minimum absolute atomic E-state index is 0.0690. The first kappa shape index (κ1) is 76.2. The van der Waals surface area contributed by atoms with Crippen LogP contribution in [-0.2, 0) is 6.18 Å². The van der Waals surface area contributed by atoms with Crippen LogP contribution >= 0.6 is 0 Å². The lowest BCUT2D eigenvalue weighted by molar-refractivity contribution is -0.137. The van der Waals surface area contributed by atoms with E-state index in [-0.39, 0.29) is 11.1 Å². The van der Waals surface area contributed by atoms with E-state index in [1.165, 1.54) is 78.6 Å². The molecule has 126 heavy (non-hydrogen) atoms. The minimum atomic E-state index is -4.59. The first-order valence-corrected chi connectivity index (χ1v) is 41.6. The highest BCUT2D eigenvalue weighted by Crippen LogP contribution is 2.50. The molecule has 0 amide bonds. The summed E-state index contributed by atoms with van der Waals surface area (Å²) in [7, 11) is 0. The van der Waals surface area contributed by atoms with Crippen molar-refractivity contribution in [1.29, 1.82) is 0 Å². The van der Waals surface area contributed by atoms with Crippen molar-refractivity contribution in [3.8, 4) is 83.8 Å². The number of benzene rings is 21. The molecule has 0 bridgehead atoms. The van der Waals surface area contributed by atoms with Gasteiger partial charge in [-0.15, -0.1) is 0 Å². The van der Waals surface area contributed by atoms with Crippen LogP contribution in [0.3, 0.4) is 0 Å². The fourth-order valence-electron chi connectivity index (χ4n) is 19.4. The Hall–Kier alpha value is -16.0. The summed E-state index contributed by atoms with van der Waals surface area (Å²) in [5, 5.41) is 18.2. The number of fused-ring (bicyclic) bond motifs is 15. The number of nitrogens with zero attached hydrogens (tertiary/aromatic N) is 3. The molecule has 0 unspecified atom stereocenters. The monoisotopic (exact) mass is 1640 g/mol. The van der Waals surface area contributed by atoms with E-state index in [2.05, 4.69) is 244 Å². The molecule has 24 rings (SSSR count). The van der Waals surface area contributed by atoms with E-state index in [9.17, 15) is 26.3 Å². The van der Waals surface area contributed by atoms with Crippen LogP contribution in [0.25, 0.3) is 214 Å². The fraction of sp³-hybridized carbons (Fsp3) is 0.00870. The summed E-state index contributed by atoms with van der Waals surface area (Å²) < 4.78 is 121. The van der Waals surface area contributed by atoms with Crippen molar-refractivity contribution in [3.05, 3.63) is 453 Å². The van der Waals surface area contributed by atoms with Gasteiger partial charge >= 0.3 is 6.18 Å². The number of hydrogen-bond acceptors (Lipinski definition) is 0. The Labute approximate surface area is 717 Å². The summed E-state index contributed by atoms with van der Waals surface area (Å²) in [5.74, 6) is -3.29. The first-order chi connectivity index (χ1) is 61.8. The Morgan fingerprint density at radius 3 is 0.643 bits per heavy atom. The van der Waals surface area contributed by atoms with Gasteiger partial charge in [0.05, 0.1) is 38.7 Å². The van der Waals surface area contributed by atoms with Crippen molar-refractivity contribution in [2.75, 3.05) is 0 Å². The highest BCUT2D eigenvalue weighted by atomic mass is 19.4. The molecule has 3 nitrogen and oxygen atoms in total. The highest BCUT2D eigenvalue weighted by Gasteiger charge is 2.33. The summed E-state index contributed by atoms with van der Waals surface area (Å²) in [4.78, 5) is 0. The van der Waals surface area contributed by atoms with E-state index in [1.807, 2.05) is 133 Å². The third-order valence-electron chi connectivity index (χ3n) is 24.7. The zero-order chi connectivity index (χ0) is 85.0. The number of alkyl halides is 3.